The molecule has 0 amide bonds. The van der Waals surface area contributed by atoms with E-state index in [9.17, 15) is 4.39 Å². The number of halogens is 2. The Bertz CT molecular complexity index is 699. The lowest BCUT2D eigenvalue weighted by atomic mass is 9.95. The molecular formula is C17H17BrFNO. The summed E-state index contributed by atoms with van der Waals surface area (Å²) in [6, 6.07) is 10.2. The monoisotopic (exact) mass is 349 g/mol. The molecule has 0 saturated carbocycles. The molecule has 1 atom stereocenters. The number of rotatable bonds is 2. The number of nitrogens with two attached hydrogens (primary N) is 1. The third-order valence-corrected chi connectivity index (χ3v) is 4.23. The van der Waals surface area contributed by atoms with E-state index < -0.39 is 6.04 Å². The summed E-state index contributed by atoms with van der Waals surface area (Å²) in [5.74, 6) is 0.605. The van der Waals surface area contributed by atoms with E-state index in [4.69, 9.17) is 10.5 Å². The second kappa shape index (κ2) is 5.11. The first-order valence-electron chi connectivity index (χ1n) is 6.88. The number of hydrogen-bond donors (Lipinski definition) is 1. The van der Waals surface area contributed by atoms with Gasteiger partial charge in [0.1, 0.15) is 17.2 Å². The lowest BCUT2D eigenvalue weighted by Gasteiger charge is -2.16. The molecule has 0 bridgehead atoms. The van der Waals surface area contributed by atoms with E-state index in [2.05, 4.69) is 29.8 Å². The highest BCUT2D eigenvalue weighted by Crippen LogP contribution is 2.37. The van der Waals surface area contributed by atoms with Crippen molar-refractivity contribution in [2.24, 2.45) is 5.73 Å². The average molecular weight is 350 g/mol. The Morgan fingerprint density at radius 1 is 1.24 bits per heavy atom. The molecule has 1 aliphatic rings. The SMILES string of the molecule is CC1(C)Cc2cc(C(N)c3cc(Br)ccc3F)ccc2O1. The molecule has 2 N–H and O–H groups in total. The fraction of sp³-hybridized carbons (Fsp3) is 0.294. The molecule has 110 valence electrons. The van der Waals surface area contributed by atoms with Crippen molar-refractivity contribution in [3.05, 3.63) is 63.4 Å². The van der Waals surface area contributed by atoms with Crippen LogP contribution in [0.1, 0.15) is 36.6 Å². The molecule has 21 heavy (non-hydrogen) atoms. The first kappa shape index (κ1) is 14.5. The Labute approximate surface area is 132 Å². The Balaban J connectivity index is 1.97. The van der Waals surface area contributed by atoms with Crippen LogP contribution in [0.2, 0.25) is 0 Å². The zero-order chi connectivity index (χ0) is 15.2. The molecule has 1 aliphatic heterocycles. The number of ether oxygens (including phenoxy) is 1. The van der Waals surface area contributed by atoms with Crippen LogP contribution >= 0.6 is 15.9 Å². The molecule has 2 aromatic rings. The van der Waals surface area contributed by atoms with Crippen LogP contribution in [0, 0.1) is 5.82 Å². The quantitative estimate of drug-likeness (QED) is 0.874. The highest BCUT2D eigenvalue weighted by molar-refractivity contribution is 9.10. The van der Waals surface area contributed by atoms with Crippen LogP contribution < -0.4 is 10.5 Å². The summed E-state index contributed by atoms with van der Waals surface area (Å²) in [5, 5.41) is 0. The Morgan fingerprint density at radius 3 is 2.76 bits per heavy atom. The van der Waals surface area contributed by atoms with E-state index in [1.54, 1.807) is 12.1 Å². The second-order valence-electron chi connectivity index (χ2n) is 6.05. The lowest BCUT2D eigenvalue weighted by molar-refractivity contribution is 0.138. The second-order valence-corrected chi connectivity index (χ2v) is 6.96. The minimum absolute atomic E-state index is 0.188. The van der Waals surface area contributed by atoms with Crippen LogP contribution in [0.5, 0.6) is 5.75 Å². The highest BCUT2D eigenvalue weighted by Gasteiger charge is 2.30. The third-order valence-electron chi connectivity index (χ3n) is 3.74. The normalized spacial score (nSPS) is 17.2. The van der Waals surface area contributed by atoms with Gasteiger partial charge in [-0.15, -0.1) is 0 Å². The minimum atomic E-state index is -0.489. The first-order valence-corrected chi connectivity index (χ1v) is 7.67. The van der Waals surface area contributed by atoms with Crippen LogP contribution in [-0.4, -0.2) is 5.60 Å². The van der Waals surface area contributed by atoms with Gasteiger partial charge in [0.25, 0.3) is 0 Å². The van der Waals surface area contributed by atoms with E-state index in [1.807, 2.05) is 18.2 Å². The molecule has 1 unspecified atom stereocenters. The topological polar surface area (TPSA) is 35.2 Å². The van der Waals surface area contributed by atoms with Crippen molar-refractivity contribution in [2.45, 2.75) is 31.9 Å². The lowest BCUT2D eigenvalue weighted by Crippen LogP contribution is -2.24. The van der Waals surface area contributed by atoms with Gasteiger partial charge in [-0.3, -0.25) is 0 Å². The Kier molecular flexibility index (Phi) is 3.54. The van der Waals surface area contributed by atoms with Crippen LogP contribution in [-0.2, 0) is 6.42 Å². The number of benzene rings is 2. The summed E-state index contributed by atoms with van der Waals surface area (Å²) in [6.45, 7) is 4.11. The molecular weight excluding hydrogens is 333 g/mol. The summed E-state index contributed by atoms with van der Waals surface area (Å²) in [6.07, 6.45) is 0.837. The van der Waals surface area contributed by atoms with E-state index in [-0.39, 0.29) is 11.4 Å². The Hall–Kier alpha value is -1.39. The fourth-order valence-electron chi connectivity index (χ4n) is 2.76. The van der Waals surface area contributed by atoms with Crippen molar-refractivity contribution in [3.63, 3.8) is 0 Å². The zero-order valence-corrected chi connectivity index (χ0v) is 13.6. The first-order chi connectivity index (χ1) is 9.85. The predicted molar refractivity (Wildman–Crippen MR) is 85.0 cm³/mol. The van der Waals surface area contributed by atoms with Gasteiger partial charge >= 0.3 is 0 Å². The number of hydrogen-bond acceptors (Lipinski definition) is 2. The molecule has 1 heterocycles. The number of fused-ring (bicyclic) bond motifs is 1. The van der Waals surface area contributed by atoms with E-state index in [0.717, 1.165) is 27.8 Å². The van der Waals surface area contributed by atoms with Crippen LogP contribution in [0.25, 0.3) is 0 Å². The highest BCUT2D eigenvalue weighted by atomic mass is 79.9. The molecule has 2 aromatic carbocycles. The summed E-state index contributed by atoms with van der Waals surface area (Å²) >= 11 is 3.36. The third kappa shape index (κ3) is 2.83. The van der Waals surface area contributed by atoms with Crippen molar-refractivity contribution in [1.82, 2.24) is 0 Å². The van der Waals surface area contributed by atoms with Gasteiger partial charge in [0, 0.05) is 16.5 Å². The van der Waals surface area contributed by atoms with E-state index in [0.29, 0.717) is 5.56 Å². The Morgan fingerprint density at radius 2 is 2.00 bits per heavy atom. The molecule has 4 heteroatoms. The fourth-order valence-corrected chi connectivity index (χ4v) is 3.13. The van der Waals surface area contributed by atoms with E-state index >= 15 is 0 Å². The van der Waals surface area contributed by atoms with Gasteiger partial charge in [0.2, 0.25) is 0 Å². The van der Waals surface area contributed by atoms with Gasteiger partial charge in [0.15, 0.2) is 0 Å². The van der Waals surface area contributed by atoms with Crippen LogP contribution in [0.4, 0.5) is 4.39 Å². The van der Waals surface area contributed by atoms with Gasteiger partial charge in [-0.1, -0.05) is 28.1 Å². The maximum atomic E-state index is 14.0. The zero-order valence-electron chi connectivity index (χ0n) is 12.0. The van der Waals surface area contributed by atoms with Crippen molar-refractivity contribution in [2.75, 3.05) is 0 Å². The molecule has 0 fully saturated rings. The van der Waals surface area contributed by atoms with Gasteiger partial charge in [-0.05, 0) is 49.2 Å². The summed E-state index contributed by atoms with van der Waals surface area (Å²) in [7, 11) is 0. The smallest absolute Gasteiger partial charge is 0.128 e. The molecule has 0 aromatic heterocycles. The van der Waals surface area contributed by atoms with Crippen LogP contribution in [0.15, 0.2) is 40.9 Å². The maximum absolute atomic E-state index is 14.0. The molecule has 3 rings (SSSR count). The molecule has 2 nitrogen and oxygen atoms in total. The predicted octanol–water partition coefficient (Wildman–Crippen LogP) is 4.35. The van der Waals surface area contributed by atoms with E-state index in [1.165, 1.54) is 6.07 Å². The maximum Gasteiger partial charge on any atom is 0.128 e. The minimum Gasteiger partial charge on any atom is -0.487 e. The van der Waals surface area contributed by atoms with Crippen molar-refractivity contribution in [1.29, 1.82) is 0 Å². The van der Waals surface area contributed by atoms with Crippen molar-refractivity contribution >= 4 is 15.9 Å². The largest absolute Gasteiger partial charge is 0.487 e. The molecule has 0 saturated heterocycles. The molecule has 0 radical (unpaired) electrons. The van der Waals surface area contributed by atoms with Gasteiger partial charge in [-0.2, -0.15) is 0 Å². The van der Waals surface area contributed by atoms with Gasteiger partial charge in [-0.25, -0.2) is 4.39 Å². The standard InChI is InChI=1S/C17H17BrFNO/c1-17(2)9-11-7-10(3-6-15(11)21-17)16(20)13-8-12(18)4-5-14(13)19/h3-8,16H,9,20H2,1-2H3. The summed E-state index contributed by atoms with van der Waals surface area (Å²) < 4.78 is 20.7. The van der Waals surface area contributed by atoms with Crippen molar-refractivity contribution in [3.8, 4) is 5.75 Å². The van der Waals surface area contributed by atoms with Gasteiger partial charge < -0.3 is 10.5 Å². The van der Waals surface area contributed by atoms with Crippen molar-refractivity contribution < 1.29 is 9.13 Å². The summed E-state index contributed by atoms with van der Waals surface area (Å²) in [5.41, 5.74) is 8.57. The molecule has 0 spiro atoms. The molecule has 0 aliphatic carbocycles. The van der Waals surface area contributed by atoms with Crippen LogP contribution in [0.3, 0.4) is 0 Å². The average Bonchev–Trinajstić information content (AvgIpc) is 2.73. The summed E-state index contributed by atoms with van der Waals surface area (Å²) in [4.78, 5) is 0. The van der Waals surface area contributed by atoms with Gasteiger partial charge in [0.05, 0.1) is 6.04 Å².